The van der Waals surface area contributed by atoms with Crippen LogP contribution in [-0.4, -0.2) is 91.1 Å². The van der Waals surface area contributed by atoms with Crippen LogP contribution >= 0.6 is 0 Å². The molecule has 2 aromatic heterocycles. The minimum Gasteiger partial charge on any atom is -0.354 e. The van der Waals surface area contributed by atoms with Gasteiger partial charge in [-0.15, -0.1) is 0 Å². The third kappa shape index (κ3) is 9.09. The lowest BCUT2D eigenvalue weighted by Gasteiger charge is -2.25. The second kappa shape index (κ2) is 16.2. The molecule has 4 aromatic rings. The van der Waals surface area contributed by atoms with E-state index in [0.717, 1.165) is 16.5 Å². The monoisotopic (exact) mass is 684 g/mol. The van der Waals surface area contributed by atoms with Crippen LogP contribution in [0, 0.1) is 5.92 Å². The molecular formula is C35H44N10O5. The lowest BCUT2D eigenvalue weighted by molar-refractivity contribution is -0.137. The number of carbonyl (C=O) groups excluding carboxylic acids is 5. The van der Waals surface area contributed by atoms with Crippen LogP contribution in [0.25, 0.3) is 22.3 Å². The van der Waals surface area contributed by atoms with E-state index >= 15 is 0 Å². The number of hydrogen-bond donors (Lipinski definition) is 5. The third-order valence-electron chi connectivity index (χ3n) is 8.37. The van der Waals surface area contributed by atoms with E-state index in [1.165, 1.54) is 16.5 Å². The Morgan fingerprint density at radius 2 is 1.62 bits per heavy atom. The number of amides is 5. The molecule has 0 saturated carbocycles. The second-order valence-corrected chi connectivity index (χ2v) is 12.9. The van der Waals surface area contributed by atoms with Crippen molar-refractivity contribution in [3.63, 3.8) is 0 Å². The Hall–Kier alpha value is -5.60. The Kier molecular flexibility index (Phi) is 11.6. The van der Waals surface area contributed by atoms with Gasteiger partial charge in [-0.25, -0.2) is 9.67 Å². The van der Waals surface area contributed by atoms with Gasteiger partial charge in [0.1, 0.15) is 24.5 Å². The van der Waals surface area contributed by atoms with Gasteiger partial charge in [-0.1, -0.05) is 62.4 Å². The summed E-state index contributed by atoms with van der Waals surface area (Å²) in [5.74, 6) is -1.39. The molecular weight excluding hydrogens is 640 g/mol. The highest BCUT2D eigenvalue weighted by molar-refractivity contribution is 5.93. The molecule has 50 heavy (non-hydrogen) atoms. The molecule has 3 atom stereocenters. The molecule has 0 aliphatic carbocycles. The average molecular weight is 685 g/mol. The van der Waals surface area contributed by atoms with E-state index in [0.29, 0.717) is 30.2 Å². The van der Waals surface area contributed by atoms with Crippen molar-refractivity contribution in [2.45, 2.75) is 71.6 Å². The zero-order valence-corrected chi connectivity index (χ0v) is 28.7. The van der Waals surface area contributed by atoms with Gasteiger partial charge >= 0.3 is 0 Å². The molecule has 0 spiro atoms. The maximum atomic E-state index is 13.6. The highest BCUT2D eigenvalue weighted by atomic mass is 16.2. The number of para-hydroxylation sites is 1. The molecule has 15 nitrogen and oxygen atoms in total. The molecule has 264 valence electrons. The van der Waals surface area contributed by atoms with Crippen molar-refractivity contribution in [1.82, 2.24) is 51.1 Å². The molecule has 0 unspecified atom stereocenters. The molecule has 0 saturated heterocycles. The largest absolute Gasteiger partial charge is 0.354 e. The zero-order chi connectivity index (χ0) is 35.8. The van der Waals surface area contributed by atoms with E-state index in [4.69, 9.17) is 0 Å². The molecule has 1 aliphatic heterocycles. The number of benzene rings is 2. The predicted octanol–water partition coefficient (Wildman–Crippen LogP) is 1.63. The van der Waals surface area contributed by atoms with Crippen LogP contribution in [0.3, 0.4) is 0 Å². The highest BCUT2D eigenvalue weighted by Crippen LogP contribution is 2.20. The van der Waals surface area contributed by atoms with Gasteiger partial charge in [-0.3, -0.25) is 29.1 Å². The molecule has 0 radical (unpaired) electrons. The summed E-state index contributed by atoms with van der Waals surface area (Å²) >= 11 is 0. The van der Waals surface area contributed by atoms with Crippen LogP contribution < -0.4 is 21.3 Å². The second-order valence-electron chi connectivity index (χ2n) is 12.9. The summed E-state index contributed by atoms with van der Waals surface area (Å²) in [5, 5.41) is 23.8. The number of fused-ring (bicyclic) bond motifs is 2. The van der Waals surface area contributed by atoms with E-state index in [2.05, 4.69) is 41.5 Å². The molecule has 5 rings (SSSR count). The van der Waals surface area contributed by atoms with Crippen LogP contribution in [-0.2, 0) is 36.9 Å². The molecule has 0 bridgehead atoms. The van der Waals surface area contributed by atoms with Crippen molar-refractivity contribution >= 4 is 40.4 Å². The van der Waals surface area contributed by atoms with Gasteiger partial charge in [-0.05, 0) is 38.7 Å². The highest BCUT2D eigenvalue weighted by Gasteiger charge is 2.29. The number of nitrogens with zero attached hydrogens (tertiary/aromatic N) is 5. The van der Waals surface area contributed by atoms with E-state index in [9.17, 15) is 24.0 Å². The number of hydrogen-bond acceptors (Lipinski definition) is 8. The predicted molar refractivity (Wildman–Crippen MR) is 185 cm³/mol. The van der Waals surface area contributed by atoms with Crippen molar-refractivity contribution in [3.8, 4) is 11.4 Å². The minimum atomic E-state index is -0.992. The number of aromatic amines is 1. The summed E-state index contributed by atoms with van der Waals surface area (Å²) in [6.45, 7) is 7.03. The lowest BCUT2D eigenvalue weighted by Crippen LogP contribution is -2.54. The van der Waals surface area contributed by atoms with Crippen molar-refractivity contribution in [2.75, 3.05) is 19.6 Å². The smallest absolute Gasteiger partial charge is 0.243 e. The number of aromatic nitrogens is 5. The van der Waals surface area contributed by atoms with Crippen molar-refractivity contribution < 1.29 is 24.0 Å². The standard InChI is InChI=1S/C35H44N10O5/c1-21(2)17-28-35(50)38-22(3)33-40-32(24-11-6-5-7-12-24)43-45(33)20-29(46)36-15-10-16-44(19-30(47)37-23(4)34(49)39-28)31(48)18-27-25-13-8-9-14-26(25)41-42-27/h5-9,11-14,21-23,28H,10,15-20H2,1-4H3,(H,36,46)(H,37,47)(H,38,50)(H,39,49)(H,41,42)/t22-,23+,28+/m0/s1. The first-order chi connectivity index (χ1) is 24.0. The Balaban J connectivity index is 1.40. The summed E-state index contributed by atoms with van der Waals surface area (Å²) in [5.41, 5.74) is 2.08. The summed E-state index contributed by atoms with van der Waals surface area (Å²) in [6, 6.07) is 14.1. The summed E-state index contributed by atoms with van der Waals surface area (Å²) in [6.07, 6.45) is 0.659. The number of rotatable bonds is 5. The van der Waals surface area contributed by atoms with E-state index < -0.39 is 35.8 Å². The average Bonchev–Trinajstić information content (AvgIpc) is 3.69. The topological polar surface area (TPSA) is 196 Å². The van der Waals surface area contributed by atoms with Crippen molar-refractivity contribution in [1.29, 1.82) is 0 Å². The van der Waals surface area contributed by atoms with Crippen LogP contribution in [0.1, 0.15) is 58.1 Å². The Morgan fingerprint density at radius 1 is 0.880 bits per heavy atom. The van der Waals surface area contributed by atoms with Crippen LogP contribution in [0.5, 0.6) is 0 Å². The fourth-order valence-corrected chi connectivity index (χ4v) is 5.80. The molecule has 1 aliphatic rings. The zero-order valence-electron chi connectivity index (χ0n) is 28.7. The van der Waals surface area contributed by atoms with Gasteiger partial charge in [-0.2, -0.15) is 10.2 Å². The van der Waals surface area contributed by atoms with Gasteiger partial charge in [0.2, 0.25) is 29.5 Å². The summed E-state index contributed by atoms with van der Waals surface area (Å²) in [4.78, 5) is 72.9. The molecule has 0 fully saturated rings. The summed E-state index contributed by atoms with van der Waals surface area (Å²) < 4.78 is 1.46. The van der Waals surface area contributed by atoms with Crippen molar-refractivity contribution in [3.05, 3.63) is 66.1 Å². The molecule has 15 heteroatoms. The van der Waals surface area contributed by atoms with Gasteiger partial charge < -0.3 is 26.2 Å². The molecule has 5 N–H and O–H groups in total. The maximum Gasteiger partial charge on any atom is 0.243 e. The fraction of sp³-hybridized carbons (Fsp3) is 0.429. The van der Waals surface area contributed by atoms with E-state index in [1.54, 1.807) is 6.92 Å². The normalized spacial score (nSPS) is 20.2. The van der Waals surface area contributed by atoms with Crippen molar-refractivity contribution in [2.24, 2.45) is 5.92 Å². The first kappa shape index (κ1) is 35.7. The Morgan fingerprint density at radius 3 is 2.38 bits per heavy atom. The van der Waals surface area contributed by atoms with Gasteiger partial charge in [0, 0.05) is 24.0 Å². The molecule has 5 amide bonds. The quantitative estimate of drug-likeness (QED) is 0.209. The Labute approximate surface area is 290 Å². The van der Waals surface area contributed by atoms with Gasteiger partial charge in [0.05, 0.1) is 30.2 Å². The number of nitrogens with one attached hydrogen (secondary N) is 5. The number of carbonyl (C=O) groups is 5. The van der Waals surface area contributed by atoms with Crippen LogP contribution in [0.2, 0.25) is 0 Å². The first-order valence-electron chi connectivity index (χ1n) is 16.8. The Bertz CT molecular complexity index is 1840. The number of H-pyrrole nitrogens is 1. The first-order valence-corrected chi connectivity index (χ1v) is 16.8. The van der Waals surface area contributed by atoms with Gasteiger partial charge in [0.25, 0.3) is 0 Å². The maximum absolute atomic E-state index is 13.6. The lowest BCUT2D eigenvalue weighted by atomic mass is 10.0. The van der Waals surface area contributed by atoms with Crippen LogP contribution in [0.15, 0.2) is 54.6 Å². The minimum absolute atomic E-state index is 0.0286. The molecule has 3 heterocycles. The van der Waals surface area contributed by atoms with E-state index in [-0.39, 0.29) is 50.3 Å². The van der Waals surface area contributed by atoms with Gasteiger partial charge in [0.15, 0.2) is 5.82 Å². The SMILES string of the molecule is CC(C)C[C@H]1NC(=O)[C@@H](C)NC(=O)CN(C(=O)Cc2[nH]nc3ccccc23)CCCNC(=O)Cn2nc(-c3ccccc3)nc2[C@H](C)NC1=O. The van der Waals surface area contributed by atoms with Crippen LogP contribution in [0.4, 0.5) is 0 Å². The molecule has 2 aromatic carbocycles. The van der Waals surface area contributed by atoms with E-state index in [1.807, 2.05) is 68.4 Å². The fourth-order valence-electron chi connectivity index (χ4n) is 5.80. The summed E-state index contributed by atoms with van der Waals surface area (Å²) in [7, 11) is 0. The third-order valence-corrected chi connectivity index (χ3v) is 8.37.